The lowest BCUT2D eigenvalue weighted by Crippen LogP contribution is -2.58. The lowest BCUT2D eigenvalue weighted by molar-refractivity contribution is -0.402. The molecule has 0 spiro atoms. The number of ether oxygens (including phenoxy) is 1. The van der Waals surface area contributed by atoms with Crippen molar-refractivity contribution < 1.29 is 14.5 Å². The quantitative estimate of drug-likeness (QED) is 0.576. The Labute approximate surface area is 131 Å². The Morgan fingerprint density at radius 1 is 1.27 bits per heavy atom. The largest absolute Gasteiger partial charge is 0.444 e. The summed E-state index contributed by atoms with van der Waals surface area (Å²) in [6.07, 6.45) is 4.36. The summed E-state index contributed by atoms with van der Waals surface area (Å²) in [5.41, 5.74) is -0.473. The summed E-state index contributed by atoms with van der Waals surface area (Å²) in [7, 11) is 0. The molecule has 1 amide bonds. The second-order valence-electron chi connectivity index (χ2n) is 7.04. The molecule has 2 heterocycles. The molecular weight excluding hydrogens is 286 g/mol. The monoisotopic (exact) mass is 311 g/mol. The molecule has 22 heavy (non-hydrogen) atoms. The van der Waals surface area contributed by atoms with Gasteiger partial charge < -0.3 is 9.64 Å². The number of rotatable bonds is 2. The number of nitrogens with zero attached hydrogens (tertiary/aromatic N) is 3. The summed E-state index contributed by atoms with van der Waals surface area (Å²) in [6.45, 7) is 8.57. The molecule has 0 N–H and O–H groups in total. The second kappa shape index (κ2) is 6.64. The van der Waals surface area contributed by atoms with Crippen LogP contribution in [0.25, 0.3) is 0 Å². The molecule has 0 aromatic heterocycles. The average molecular weight is 311 g/mol. The standard InChI is InChI=1S/C15H25N3O4/c1-15(2,3)22-14(19)17-9-8-16-10-12(6-7-18(20)21)4-5-13(16)11-17/h6-7,12-13H,4-5,8-11H2,1-3H3/b7-6+/t12-,13-/m0/s1. The summed E-state index contributed by atoms with van der Waals surface area (Å²) in [5.74, 6) is 0.231. The zero-order valence-corrected chi connectivity index (χ0v) is 13.5. The maximum atomic E-state index is 12.1. The number of piperazine rings is 1. The van der Waals surface area contributed by atoms with Crippen LogP contribution in [0.5, 0.6) is 0 Å². The van der Waals surface area contributed by atoms with E-state index < -0.39 is 10.5 Å². The highest BCUT2D eigenvalue weighted by atomic mass is 16.6. The Kier molecular flexibility index (Phi) is 5.05. The molecule has 2 saturated heterocycles. The van der Waals surface area contributed by atoms with Gasteiger partial charge in [-0.2, -0.15) is 0 Å². The molecule has 2 rings (SSSR count). The highest BCUT2D eigenvalue weighted by Gasteiger charge is 2.35. The molecule has 0 unspecified atom stereocenters. The Bertz CT molecular complexity index is 458. The predicted octanol–water partition coefficient (Wildman–Crippen LogP) is 2.11. The minimum absolute atomic E-state index is 0.231. The van der Waals surface area contributed by atoms with Crippen molar-refractivity contribution in [2.75, 3.05) is 26.2 Å². The fourth-order valence-corrected chi connectivity index (χ4v) is 3.05. The number of piperidine rings is 1. The van der Waals surface area contributed by atoms with Gasteiger partial charge >= 0.3 is 6.09 Å². The normalized spacial score (nSPS) is 26.8. The third kappa shape index (κ3) is 4.69. The van der Waals surface area contributed by atoms with E-state index in [9.17, 15) is 14.9 Å². The highest BCUT2D eigenvalue weighted by molar-refractivity contribution is 5.68. The molecule has 2 fully saturated rings. The minimum Gasteiger partial charge on any atom is -0.444 e. The Hall–Kier alpha value is -1.63. The fraction of sp³-hybridized carbons (Fsp3) is 0.800. The van der Waals surface area contributed by atoms with Crippen molar-refractivity contribution in [3.05, 3.63) is 22.4 Å². The topological polar surface area (TPSA) is 75.9 Å². The van der Waals surface area contributed by atoms with E-state index in [4.69, 9.17) is 4.74 Å². The van der Waals surface area contributed by atoms with Gasteiger partial charge in [-0.05, 0) is 45.6 Å². The van der Waals surface area contributed by atoms with E-state index in [1.807, 2.05) is 20.8 Å². The maximum Gasteiger partial charge on any atom is 0.410 e. The Morgan fingerprint density at radius 2 is 2.00 bits per heavy atom. The molecule has 0 aliphatic carbocycles. The van der Waals surface area contributed by atoms with Gasteiger partial charge in [0.1, 0.15) is 5.60 Å². The highest BCUT2D eigenvalue weighted by Crippen LogP contribution is 2.26. The molecule has 0 saturated carbocycles. The van der Waals surface area contributed by atoms with Crippen LogP contribution in [-0.2, 0) is 4.74 Å². The van der Waals surface area contributed by atoms with Crippen LogP contribution in [0.2, 0.25) is 0 Å². The van der Waals surface area contributed by atoms with E-state index in [1.165, 1.54) is 0 Å². The minimum atomic E-state index is -0.473. The summed E-state index contributed by atoms with van der Waals surface area (Å²) in [5, 5.41) is 10.4. The first kappa shape index (κ1) is 16.7. The zero-order chi connectivity index (χ0) is 16.3. The number of hydrogen-bond acceptors (Lipinski definition) is 5. The predicted molar refractivity (Wildman–Crippen MR) is 82.0 cm³/mol. The lowest BCUT2D eigenvalue weighted by Gasteiger charge is -2.45. The lowest BCUT2D eigenvalue weighted by atomic mass is 9.91. The van der Waals surface area contributed by atoms with E-state index in [2.05, 4.69) is 4.90 Å². The van der Waals surface area contributed by atoms with Crippen molar-refractivity contribution in [1.82, 2.24) is 9.80 Å². The van der Waals surface area contributed by atoms with E-state index in [0.717, 1.165) is 32.1 Å². The van der Waals surface area contributed by atoms with Gasteiger partial charge in [0.15, 0.2) is 0 Å². The molecule has 2 aliphatic rings. The van der Waals surface area contributed by atoms with Crippen LogP contribution in [0.4, 0.5) is 4.79 Å². The van der Waals surface area contributed by atoms with E-state index >= 15 is 0 Å². The van der Waals surface area contributed by atoms with Crippen LogP contribution in [-0.4, -0.2) is 58.6 Å². The molecular formula is C15H25N3O4. The van der Waals surface area contributed by atoms with Gasteiger partial charge in [0.05, 0.1) is 4.92 Å². The van der Waals surface area contributed by atoms with Gasteiger partial charge in [0.2, 0.25) is 6.20 Å². The average Bonchev–Trinajstić information content (AvgIpc) is 2.42. The maximum absolute atomic E-state index is 12.1. The van der Waals surface area contributed by atoms with Crippen LogP contribution >= 0.6 is 0 Å². The van der Waals surface area contributed by atoms with Crippen molar-refractivity contribution in [2.24, 2.45) is 5.92 Å². The molecule has 7 heteroatoms. The van der Waals surface area contributed by atoms with Crippen molar-refractivity contribution >= 4 is 6.09 Å². The number of carbonyl (C=O) groups excluding carboxylic acids is 1. The summed E-state index contributed by atoms with van der Waals surface area (Å²) < 4.78 is 5.43. The summed E-state index contributed by atoms with van der Waals surface area (Å²) in [6, 6.07) is 0.335. The third-order valence-electron chi connectivity index (χ3n) is 4.08. The second-order valence-corrected chi connectivity index (χ2v) is 7.04. The van der Waals surface area contributed by atoms with Crippen LogP contribution in [0.3, 0.4) is 0 Å². The van der Waals surface area contributed by atoms with Crippen LogP contribution < -0.4 is 0 Å². The molecule has 2 atom stereocenters. The number of fused-ring (bicyclic) bond motifs is 1. The number of nitro groups is 1. The molecule has 124 valence electrons. The van der Waals surface area contributed by atoms with Gasteiger partial charge in [-0.1, -0.05) is 0 Å². The van der Waals surface area contributed by atoms with E-state index in [0.29, 0.717) is 19.1 Å². The summed E-state index contributed by atoms with van der Waals surface area (Å²) >= 11 is 0. The molecule has 0 radical (unpaired) electrons. The van der Waals surface area contributed by atoms with Crippen LogP contribution in [0, 0.1) is 16.0 Å². The molecule has 0 bridgehead atoms. The molecule has 0 aromatic rings. The van der Waals surface area contributed by atoms with Crippen molar-refractivity contribution in [1.29, 1.82) is 0 Å². The molecule has 0 aromatic carbocycles. The van der Waals surface area contributed by atoms with Crippen molar-refractivity contribution in [3.8, 4) is 0 Å². The van der Waals surface area contributed by atoms with Crippen molar-refractivity contribution in [3.63, 3.8) is 0 Å². The van der Waals surface area contributed by atoms with Gasteiger partial charge in [0.25, 0.3) is 0 Å². The first-order valence-corrected chi connectivity index (χ1v) is 7.78. The third-order valence-corrected chi connectivity index (χ3v) is 4.08. The number of carbonyl (C=O) groups is 1. The fourth-order valence-electron chi connectivity index (χ4n) is 3.05. The van der Waals surface area contributed by atoms with Crippen LogP contribution in [0.1, 0.15) is 33.6 Å². The number of hydrogen-bond donors (Lipinski definition) is 0. The Morgan fingerprint density at radius 3 is 2.64 bits per heavy atom. The molecule has 2 aliphatic heterocycles. The zero-order valence-electron chi connectivity index (χ0n) is 13.5. The van der Waals surface area contributed by atoms with Gasteiger partial charge in [-0.15, -0.1) is 0 Å². The van der Waals surface area contributed by atoms with Gasteiger partial charge in [-0.3, -0.25) is 15.0 Å². The smallest absolute Gasteiger partial charge is 0.410 e. The van der Waals surface area contributed by atoms with Crippen molar-refractivity contribution in [2.45, 2.75) is 45.3 Å². The SMILES string of the molecule is CC(C)(C)OC(=O)N1CCN2C[C@H](/C=C/[N+](=O)[O-])CC[C@H]2C1. The van der Waals surface area contributed by atoms with Crippen LogP contribution in [0.15, 0.2) is 12.3 Å². The first-order chi connectivity index (χ1) is 10.2. The van der Waals surface area contributed by atoms with Gasteiger partial charge in [0, 0.05) is 32.2 Å². The van der Waals surface area contributed by atoms with Gasteiger partial charge in [-0.25, -0.2) is 4.79 Å². The molecule has 7 nitrogen and oxygen atoms in total. The first-order valence-electron chi connectivity index (χ1n) is 7.78. The van der Waals surface area contributed by atoms with E-state index in [1.54, 1.807) is 11.0 Å². The number of amides is 1. The Balaban J connectivity index is 1.87. The van der Waals surface area contributed by atoms with E-state index in [-0.39, 0.29) is 12.0 Å². The summed E-state index contributed by atoms with van der Waals surface area (Å²) in [4.78, 5) is 26.2.